The van der Waals surface area contributed by atoms with Gasteiger partial charge in [-0.25, -0.2) is 0 Å². The van der Waals surface area contributed by atoms with Gasteiger partial charge in [-0.2, -0.15) is 0 Å². The zero-order valence-corrected chi connectivity index (χ0v) is 16.8. The Kier molecular flexibility index (Phi) is 5.23. The number of para-hydroxylation sites is 1. The van der Waals surface area contributed by atoms with Crippen molar-refractivity contribution in [2.24, 2.45) is 0 Å². The molecule has 3 aromatic rings. The maximum Gasteiger partial charge on any atom is 0.261 e. The number of H-pyrrole nitrogens is 1. The Morgan fingerprint density at radius 1 is 1.07 bits per heavy atom. The maximum atomic E-state index is 12.8. The van der Waals surface area contributed by atoms with Crippen molar-refractivity contribution in [2.45, 2.75) is 25.7 Å². The first-order chi connectivity index (χ1) is 14.5. The first-order valence-electron chi connectivity index (χ1n) is 9.76. The van der Waals surface area contributed by atoms with Gasteiger partial charge in [0.05, 0.1) is 7.11 Å². The zero-order valence-electron chi connectivity index (χ0n) is 16.8. The number of Topliss-reactive ketones (excluding diaryl/α,β-unsaturated/α-hetero) is 1. The molecule has 0 radical (unpaired) electrons. The number of nitrogens with one attached hydrogen (secondary N) is 2. The number of methoxy groups -OCH3 is 1. The standard InChI is InChI=1S/C24H22N2O4/c1-14-5-3-4-6-20(14)25-23(28)19-13-18-21(26-24(19)29)11-16(12-22(18)27)15-7-9-17(30-2)10-8-15/h3-10,13,16H,11-12H2,1-2H3,(H,25,28)(H,26,29)/t16-/m1/s1. The quantitative estimate of drug-likeness (QED) is 0.694. The van der Waals surface area contributed by atoms with E-state index in [0.717, 1.165) is 16.9 Å². The van der Waals surface area contributed by atoms with E-state index < -0.39 is 11.5 Å². The molecule has 0 saturated heterocycles. The Labute approximate surface area is 173 Å². The molecular formula is C24H22N2O4. The van der Waals surface area contributed by atoms with Gasteiger partial charge in [0.2, 0.25) is 0 Å². The van der Waals surface area contributed by atoms with E-state index in [1.165, 1.54) is 6.07 Å². The van der Waals surface area contributed by atoms with Gasteiger partial charge in [-0.1, -0.05) is 30.3 Å². The maximum absolute atomic E-state index is 12.8. The molecule has 0 spiro atoms. The summed E-state index contributed by atoms with van der Waals surface area (Å²) in [6.07, 6.45) is 0.854. The second-order valence-electron chi connectivity index (χ2n) is 7.47. The molecule has 30 heavy (non-hydrogen) atoms. The van der Waals surface area contributed by atoms with Gasteiger partial charge in [-0.15, -0.1) is 0 Å². The van der Waals surface area contributed by atoms with Crippen LogP contribution in [0.25, 0.3) is 0 Å². The van der Waals surface area contributed by atoms with Crippen LogP contribution in [0.4, 0.5) is 5.69 Å². The third-order valence-corrected chi connectivity index (χ3v) is 5.53. The van der Waals surface area contributed by atoms with Gasteiger partial charge in [-0.05, 0) is 54.7 Å². The van der Waals surface area contributed by atoms with Gasteiger partial charge in [0.1, 0.15) is 11.3 Å². The van der Waals surface area contributed by atoms with Crippen molar-refractivity contribution in [1.82, 2.24) is 4.98 Å². The van der Waals surface area contributed by atoms with Crippen LogP contribution in [-0.4, -0.2) is 23.8 Å². The highest BCUT2D eigenvalue weighted by Crippen LogP contribution is 2.32. The van der Waals surface area contributed by atoms with Gasteiger partial charge in [-0.3, -0.25) is 14.4 Å². The highest BCUT2D eigenvalue weighted by atomic mass is 16.5. The summed E-state index contributed by atoms with van der Waals surface area (Å²) in [6, 6.07) is 16.3. The van der Waals surface area contributed by atoms with Crippen LogP contribution in [0.5, 0.6) is 5.75 Å². The van der Waals surface area contributed by atoms with E-state index in [0.29, 0.717) is 29.8 Å². The van der Waals surface area contributed by atoms with Gasteiger partial charge in [0.15, 0.2) is 5.78 Å². The molecule has 2 aromatic carbocycles. The van der Waals surface area contributed by atoms with E-state index in [1.807, 2.05) is 49.4 Å². The Hall–Kier alpha value is -3.67. The molecule has 1 aliphatic rings. The van der Waals surface area contributed by atoms with Crippen molar-refractivity contribution >= 4 is 17.4 Å². The Bertz CT molecular complexity index is 1180. The van der Waals surface area contributed by atoms with Crippen LogP contribution in [0, 0.1) is 6.92 Å². The largest absolute Gasteiger partial charge is 0.497 e. The number of aromatic nitrogens is 1. The minimum atomic E-state index is -0.529. The number of anilines is 1. The molecule has 1 aliphatic carbocycles. The Balaban J connectivity index is 1.61. The minimum absolute atomic E-state index is 0.0294. The summed E-state index contributed by atoms with van der Waals surface area (Å²) in [4.78, 5) is 40.8. The number of pyridine rings is 1. The van der Waals surface area contributed by atoms with E-state index >= 15 is 0 Å². The normalized spacial score (nSPS) is 15.4. The number of ether oxygens (including phenoxy) is 1. The molecule has 4 rings (SSSR count). The van der Waals surface area contributed by atoms with E-state index in [4.69, 9.17) is 4.74 Å². The summed E-state index contributed by atoms with van der Waals surface area (Å²) in [5, 5.41) is 2.75. The first kappa shape index (κ1) is 19.6. The van der Waals surface area contributed by atoms with Gasteiger partial charge < -0.3 is 15.0 Å². The number of amides is 1. The summed E-state index contributed by atoms with van der Waals surface area (Å²) in [7, 11) is 1.60. The number of aromatic amines is 1. The molecule has 0 saturated carbocycles. The van der Waals surface area contributed by atoms with E-state index in [1.54, 1.807) is 13.2 Å². The molecule has 1 aromatic heterocycles. The number of hydrogen-bond donors (Lipinski definition) is 2. The number of aryl methyl sites for hydroxylation is 1. The second-order valence-corrected chi connectivity index (χ2v) is 7.47. The van der Waals surface area contributed by atoms with E-state index in [9.17, 15) is 14.4 Å². The van der Waals surface area contributed by atoms with Crippen LogP contribution in [0.3, 0.4) is 0 Å². The molecule has 0 bridgehead atoms. The molecule has 0 aliphatic heterocycles. The number of carbonyl (C=O) groups is 2. The fourth-order valence-corrected chi connectivity index (χ4v) is 3.81. The van der Waals surface area contributed by atoms with E-state index in [2.05, 4.69) is 10.3 Å². The predicted molar refractivity (Wildman–Crippen MR) is 115 cm³/mol. The van der Waals surface area contributed by atoms with Gasteiger partial charge >= 0.3 is 0 Å². The lowest BCUT2D eigenvalue weighted by molar-refractivity contribution is 0.0963. The molecule has 2 N–H and O–H groups in total. The number of benzene rings is 2. The summed E-state index contributed by atoms with van der Waals surface area (Å²) in [5.41, 5.74) is 2.95. The van der Waals surface area contributed by atoms with Crippen LogP contribution in [0.1, 0.15) is 49.9 Å². The SMILES string of the molecule is COc1ccc([C@H]2CC(=O)c3cc(C(=O)Nc4ccccc4C)c(=O)[nH]c3C2)cc1. The first-order valence-corrected chi connectivity index (χ1v) is 9.76. The monoisotopic (exact) mass is 402 g/mol. The third-order valence-electron chi connectivity index (χ3n) is 5.53. The smallest absolute Gasteiger partial charge is 0.261 e. The fourth-order valence-electron chi connectivity index (χ4n) is 3.81. The van der Waals surface area contributed by atoms with Gasteiger partial charge in [0, 0.05) is 23.4 Å². The van der Waals surface area contributed by atoms with Crippen LogP contribution in [-0.2, 0) is 6.42 Å². The average Bonchev–Trinajstić information content (AvgIpc) is 2.74. The second kappa shape index (κ2) is 7.99. The number of ketones is 1. The van der Waals surface area contributed by atoms with Crippen molar-refractivity contribution in [3.05, 3.63) is 92.9 Å². The highest BCUT2D eigenvalue weighted by molar-refractivity contribution is 6.07. The summed E-state index contributed by atoms with van der Waals surface area (Å²) in [5.74, 6) is 0.105. The highest BCUT2D eigenvalue weighted by Gasteiger charge is 2.29. The summed E-state index contributed by atoms with van der Waals surface area (Å²) < 4.78 is 5.18. The molecule has 1 amide bonds. The van der Waals surface area contributed by atoms with Crippen LogP contribution in [0.2, 0.25) is 0 Å². The van der Waals surface area contributed by atoms with Crippen LogP contribution < -0.4 is 15.6 Å². The van der Waals surface area contributed by atoms with E-state index in [-0.39, 0.29) is 17.3 Å². The number of rotatable bonds is 4. The summed E-state index contributed by atoms with van der Waals surface area (Å²) in [6.45, 7) is 1.87. The molecule has 1 heterocycles. The lowest BCUT2D eigenvalue weighted by atomic mass is 9.81. The molecule has 1 atom stereocenters. The van der Waals surface area contributed by atoms with Crippen LogP contribution in [0.15, 0.2) is 59.4 Å². The average molecular weight is 402 g/mol. The topological polar surface area (TPSA) is 88.3 Å². The molecule has 152 valence electrons. The van der Waals surface area contributed by atoms with Crippen molar-refractivity contribution in [1.29, 1.82) is 0 Å². The lowest BCUT2D eigenvalue weighted by Gasteiger charge is -2.24. The Morgan fingerprint density at radius 2 is 1.80 bits per heavy atom. The number of carbonyl (C=O) groups excluding carboxylic acids is 2. The molecule has 6 nitrogen and oxygen atoms in total. The van der Waals surface area contributed by atoms with Crippen molar-refractivity contribution < 1.29 is 14.3 Å². The molecule has 0 fully saturated rings. The number of hydrogen-bond acceptors (Lipinski definition) is 4. The fraction of sp³-hybridized carbons (Fsp3) is 0.208. The number of fused-ring (bicyclic) bond motifs is 1. The van der Waals surface area contributed by atoms with Crippen molar-refractivity contribution in [2.75, 3.05) is 12.4 Å². The molecular weight excluding hydrogens is 380 g/mol. The van der Waals surface area contributed by atoms with Crippen LogP contribution >= 0.6 is 0 Å². The minimum Gasteiger partial charge on any atom is -0.497 e. The molecule has 6 heteroatoms. The lowest BCUT2D eigenvalue weighted by Crippen LogP contribution is -2.29. The summed E-state index contributed by atoms with van der Waals surface area (Å²) >= 11 is 0. The van der Waals surface area contributed by atoms with Gasteiger partial charge in [0.25, 0.3) is 11.5 Å². The van der Waals surface area contributed by atoms with Crippen molar-refractivity contribution in [3.8, 4) is 5.75 Å². The Morgan fingerprint density at radius 3 is 2.50 bits per heavy atom. The zero-order chi connectivity index (χ0) is 21.3. The predicted octanol–water partition coefficient (Wildman–Crippen LogP) is 3.86. The molecule has 0 unspecified atom stereocenters. The third kappa shape index (κ3) is 3.76. The van der Waals surface area contributed by atoms with Crippen molar-refractivity contribution in [3.63, 3.8) is 0 Å².